The number of nitrogens with zero attached hydrogens (tertiary/aromatic N) is 1. The third-order valence-electron chi connectivity index (χ3n) is 1.93. The zero-order valence-corrected chi connectivity index (χ0v) is 10.3. The van der Waals surface area contributed by atoms with Crippen LogP contribution in [-0.4, -0.2) is 40.5 Å². The Kier molecular flexibility index (Phi) is 5.72. The Morgan fingerprint density at radius 2 is 2.12 bits per heavy atom. The van der Waals surface area contributed by atoms with Gasteiger partial charge in [0.15, 0.2) is 0 Å². The van der Waals surface area contributed by atoms with E-state index < -0.39 is 35.0 Å². The summed E-state index contributed by atoms with van der Waals surface area (Å²) in [6.45, 7) is 2.36. The van der Waals surface area contributed by atoms with E-state index in [1.807, 2.05) is 0 Å². The maximum Gasteiger partial charge on any atom is 0.327 e. The highest BCUT2D eigenvalue weighted by Crippen LogP contribution is 2.16. The summed E-state index contributed by atoms with van der Waals surface area (Å²) in [5.41, 5.74) is -1.20. The molecule has 0 unspecified atom stereocenters. The molecule has 0 bridgehead atoms. The van der Waals surface area contributed by atoms with Crippen molar-refractivity contribution in [2.45, 2.75) is 19.9 Å². The molecule has 0 aliphatic heterocycles. The summed E-state index contributed by atoms with van der Waals surface area (Å²) in [4.78, 5) is 36.4. The number of hydrogen-bond acceptors (Lipinski definition) is 6. The molecule has 9 heteroatoms. The highest BCUT2D eigenvalue weighted by molar-refractivity contribution is 7.80. The van der Waals surface area contributed by atoms with Crippen molar-refractivity contribution in [3.8, 4) is 0 Å². The van der Waals surface area contributed by atoms with Crippen LogP contribution in [0.3, 0.4) is 0 Å². The van der Waals surface area contributed by atoms with Crippen LogP contribution in [0.1, 0.15) is 13.8 Å². The quantitative estimate of drug-likeness (QED) is 0.331. The van der Waals surface area contributed by atoms with Gasteiger partial charge in [0, 0.05) is 5.75 Å². The van der Waals surface area contributed by atoms with Crippen molar-refractivity contribution in [2.24, 2.45) is 5.41 Å². The average molecular weight is 266 g/mol. The van der Waals surface area contributed by atoms with Gasteiger partial charge in [-0.15, -0.1) is 10.1 Å². The van der Waals surface area contributed by atoms with Gasteiger partial charge in [0.05, 0.1) is 5.41 Å². The lowest BCUT2D eigenvalue weighted by molar-refractivity contribution is -0.760. The molecule has 0 aromatic carbocycles. The normalized spacial score (nSPS) is 12.6. The van der Waals surface area contributed by atoms with Crippen LogP contribution in [0.15, 0.2) is 0 Å². The van der Waals surface area contributed by atoms with Crippen LogP contribution in [0.4, 0.5) is 0 Å². The molecule has 1 atom stereocenters. The highest BCUT2D eigenvalue weighted by atomic mass is 32.1. The van der Waals surface area contributed by atoms with Crippen molar-refractivity contribution in [2.75, 3.05) is 12.4 Å². The number of rotatable bonds is 7. The topological polar surface area (TPSA) is 119 Å². The second kappa shape index (κ2) is 6.28. The minimum absolute atomic E-state index is 0.0761. The Hall–Kier alpha value is -1.51. The fourth-order valence-corrected chi connectivity index (χ4v) is 1.07. The third-order valence-corrected chi connectivity index (χ3v) is 2.30. The van der Waals surface area contributed by atoms with Gasteiger partial charge >= 0.3 is 5.97 Å². The molecule has 0 aliphatic carbocycles. The summed E-state index contributed by atoms with van der Waals surface area (Å²) >= 11 is 3.78. The maximum atomic E-state index is 11.6. The first-order valence-corrected chi connectivity index (χ1v) is 5.26. The number of aliphatic carboxylic acids is 1. The molecule has 0 radical (unpaired) electrons. The lowest BCUT2D eigenvalue weighted by atomic mass is 9.93. The monoisotopic (exact) mass is 266 g/mol. The summed E-state index contributed by atoms with van der Waals surface area (Å²) in [5.74, 6) is -1.95. The van der Waals surface area contributed by atoms with Crippen LogP contribution in [0, 0.1) is 15.5 Å². The predicted molar refractivity (Wildman–Crippen MR) is 60.1 cm³/mol. The molecule has 0 fully saturated rings. The molecule has 2 N–H and O–H groups in total. The lowest BCUT2D eigenvalue weighted by Gasteiger charge is -2.24. The van der Waals surface area contributed by atoms with Crippen molar-refractivity contribution in [3.05, 3.63) is 10.1 Å². The van der Waals surface area contributed by atoms with E-state index in [-0.39, 0.29) is 5.75 Å². The molecule has 8 nitrogen and oxygen atoms in total. The number of carbonyl (C=O) groups is 2. The minimum atomic E-state index is -1.22. The number of carboxylic acids is 1. The zero-order valence-electron chi connectivity index (χ0n) is 9.37. The Bertz CT molecular complexity index is 319. The van der Waals surface area contributed by atoms with E-state index in [9.17, 15) is 19.7 Å². The number of carbonyl (C=O) groups excluding carboxylic acids is 1. The van der Waals surface area contributed by atoms with Gasteiger partial charge in [0.1, 0.15) is 12.6 Å². The Balaban J connectivity index is 4.46. The van der Waals surface area contributed by atoms with Crippen molar-refractivity contribution in [3.63, 3.8) is 0 Å². The van der Waals surface area contributed by atoms with Crippen molar-refractivity contribution < 1.29 is 24.6 Å². The van der Waals surface area contributed by atoms with Gasteiger partial charge in [0.25, 0.3) is 5.09 Å². The van der Waals surface area contributed by atoms with Crippen LogP contribution in [0.5, 0.6) is 0 Å². The van der Waals surface area contributed by atoms with Crippen molar-refractivity contribution in [1.82, 2.24) is 5.32 Å². The van der Waals surface area contributed by atoms with Crippen LogP contribution < -0.4 is 5.32 Å². The van der Waals surface area contributed by atoms with Gasteiger partial charge < -0.3 is 15.3 Å². The summed E-state index contributed by atoms with van der Waals surface area (Å²) in [7, 11) is 0. The lowest BCUT2D eigenvalue weighted by Crippen LogP contribution is -2.49. The summed E-state index contributed by atoms with van der Waals surface area (Å²) in [6, 6.07) is -1.14. The van der Waals surface area contributed by atoms with Crippen molar-refractivity contribution >= 4 is 24.5 Å². The van der Waals surface area contributed by atoms with Crippen LogP contribution >= 0.6 is 12.6 Å². The van der Waals surface area contributed by atoms with Gasteiger partial charge in [-0.2, -0.15) is 12.6 Å². The molecule has 0 heterocycles. The van der Waals surface area contributed by atoms with Gasteiger partial charge in [0.2, 0.25) is 5.91 Å². The minimum Gasteiger partial charge on any atom is -0.480 e. The van der Waals surface area contributed by atoms with E-state index in [2.05, 4.69) is 22.8 Å². The molecule has 0 aromatic heterocycles. The highest BCUT2D eigenvalue weighted by Gasteiger charge is 2.32. The van der Waals surface area contributed by atoms with E-state index >= 15 is 0 Å². The third kappa shape index (κ3) is 5.38. The molecule has 0 saturated carbocycles. The fourth-order valence-electron chi connectivity index (χ4n) is 0.819. The van der Waals surface area contributed by atoms with Crippen LogP contribution in [-0.2, 0) is 14.4 Å². The molecule has 0 aromatic rings. The number of carboxylic acid groups (broad SMARTS) is 1. The van der Waals surface area contributed by atoms with Gasteiger partial charge in [-0.05, 0) is 13.8 Å². The first-order chi connectivity index (χ1) is 7.70. The maximum absolute atomic E-state index is 11.6. The van der Waals surface area contributed by atoms with Crippen LogP contribution in [0.25, 0.3) is 0 Å². The summed E-state index contributed by atoms with van der Waals surface area (Å²) < 4.78 is 0. The first-order valence-electron chi connectivity index (χ1n) is 4.62. The first kappa shape index (κ1) is 15.5. The van der Waals surface area contributed by atoms with Gasteiger partial charge in [-0.1, -0.05) is 0 Å². The molecule has 0 aliphatic rings. The zero-order chi connectivity index (χ0) is 13.6. The fraction of sp³-hybridized carbons (Fsp3) is 0.750. The Morgan fingerprint density at radius 1 is 1.59 bits per heavy atom. The number of thiol groups is 1. The number of amides is 1. The molecule has 17 heavy (non-hydrogen) atoms. The number of hydrogen-bond donors (Lipinski definition) is 3. The van der Waals surface area contributed by atoms with Gasteiger partial charge in [-0.3, -0.25) is 4.79 Å². The Morgan fingerprint density at radius 3 is 2.47 bits per heavy atom. The predicted octanol–water partition coefficient (Wildman–Crippen LogP) is -0.280. The SMILES string of the molecule is CC(C)(CO[N+](=O)[O-])C(=O)N[C@H](CS)C(=O)O. The van der Waals surface area contributed by atoms with E-state index in [4.69, 9.17) is 5.11 Å². The number of nitrogens with one attached hydrogen (secondary N) is 1. The van der Waals surface area contributed by atoms with E-state index in [0.29, 0.717) is 0 Å². The molecule has 0 saturated heterocycles. The van der Waals surface area contributed by atoms with Crippen LogP contribution in [0.2, 0.25) is 0 Å². The standard InChI is InChI=1S/C8H14N2O6S/c1-8(2,4-16-10(14)15)7(13)9-5(3-17)6(11)12/h5,17H,3-4H2,1-2H3,(H,9,13)(H,11,12)/t5-/m1/s1. The molecular weight excluding hydrogens is 252 g/mol. The van der Waals surface area contributed by atoms with E-state index in [1.54, 1.807) is 0 Å². The largest absolute Gasteiger partial charge is 0.480 e. The van der Waals surface area contributed by atoms with E-state index in [0.717, 1.165) is 0 Å². The Labute approximate surface area is 103 Å². The second-order valence-corrected chi connectivity index (χ2v) is 4.29. The van der Waals surface area contributed by atoms with Crippen molar-refractivity contribution in [1.29, 1.82) is 0 Å². The molecule has 98 valence electrons. The molecular formula is C8H14N2O6S. The summed E-state index contributed by atoms with van der Waals surface area (Å²) in [6.07, 6.45) is 0. The summed E-state index contributed by atoms with van der Waals surface area (Å²) in [5, 5.41) is 19.9. The molecule has 1 amide bonds. The smallest absolute Gasteiger partial charge is 0.327 e. The average Bonchev–Trinajstić information content (AvgIpc) is 2.22. The second-order valence-electron chi connectivity index (χ2n) is 3.93. The molecule has 0 spiro atoms. The van der Waals surface area contributed by atoms with Gasteiger partial charge in [-0.25, -0.2) is 4.79 Å². The van der Waals surface area contributed by atoms with E-state index in [1.165, 1.54) is 13.8 Å². The molecule has 0 rings (SSSR count).